The summed E-state index contributed by atoms with van der Waals surface area (Å²) in [5, 5.41) is 0.959. The quantitative estimate of drug-likeness (QED) is 0.509. The van der Waals surface area contributed by atoms with Crippen molar-refractivity contribution in [3.05, 3.63) is 12.2 Å². The van der Waals surface area contributed by atoms with Crippen molar-refractivity contribution in [3.63, 3.8) is 0 Å². The summed E-state index contributed by atoms with van der Waals surface area (Å²) in [7, 11) is 0. The van der Waals surface area contributed by atoms with Crippen molar-refractivity contribution in [1.82, 2.24) is 0 Å². The third-order valence-electron chi connectivity index (χ3n) is 2.83. The minimum absolute atomic E-state index is 0.345. The molecule has 2 unspecified atom stereocenters. The number of halogens is 1. The third kappa shape index (κ3) is 0.994. The van der Waals surface area contributed by atoms with Crippen LogP contribution >= 0.6 is 15.9 Å². The van der Waals surface area contributed by atoms with Gasteiger partial charge in [-0.05, 0) is 18.8 Å². The van der Waals surface area contributed by atoms with Gasteiger partial charge in [0.15, 0.2) is 0 Å². The second-order valence-electron chi connectivity index (χ2n) is 3.33. The van der Waals surface area contributed by atoms with Crippen LogP contribution in [0.15, 0.2) is 12.2 Å². The van der Waals surface area contributed by atoms with E-state index in [1.807, 2.05) is 0 Å². The molecule has 1 fully saturated rings. The van der Waals surface area contributed by atoms with Crippen molar-refractivity contribution in [3.8, 4) is 0 Å². The van der Waals surface area contributed by atoms with Crippen molar-refractivity contribution in [1.29, 1.82) is 0 Å². The van der Waals surface area contributed by atoms with Crippen LogP contribution in [0.2, 0.25) is 0 Å². The third-order valence-corrected chi connectivity index (χ3v) is 3.29. The highest BCUT2D eigenvalue weighted by molar-refractivity contribution is 9.09. The summed E-state index contributed by atoms with van der Waals surface area (Å²) >= 11 is 3.37. The lowest BCUT2D eigenvalue weighted by molar-refractivity contribution is -0.139. The van der Waals surface area contributed by atoms with Crippen LogP contribution in [-0.4, -0.2) is 11.1 Å². The molecule has 1 nitrogen and oxygen atoms in total. The Hall–Kier alpha value is -0.110. The minimum atomic E-state index is 0.345. The van der Waals surface area contributed by atoms with Crippen LogP contribution in [0.3, 0.4) is 0 Å². The molecule has 0 saturated heterocycles. The van der Waals surface area contributed by atoms with E-state index in [0.29, 0.717) is 23.5 Å². The van der Waals surface area contributed by atoms with Crippen LogP contribution in [0, 0.1) is 17.8 Å². The van der Waals surface area contributed by atoms with Crippen LogP contribution < -0.4 is 0 Å². The Bertz CT molecular complexity index is 210. The molecule has 2 aliphatic rings. The second kappa shape index (κ2) is 2.74. The average molecular weight is 215 g/mol. The Balaban J connectivity index is 2.02. The first-order valence-corrected chi connectivity index (χ1v) is 5.23. The summed E-state index contributed by atoms with van der Waals surface area (Å²) in [5.74, 6) is 1.82. The van der Waals surface area contributed by atoms with Gasteiger partial charge in [0.1, 0.15) is 5.78 Å². The van der Waals surface area contributed by atoms with Gasteiger partial charge < -0.3 is 0 Å². The van der Waals surface area contributed by atoms with Crippen molar-refractivity contribution in [2.45, 2.75) is 12.8 Å². The lowest BCUT2D eigenvalue weighted by Crippen LogP contribution is -2.44. The van der Waals surface area contributed by atoms with Crippen LogP contribution in [0.1, 0.15) is 12.8 Å². The van der Waals surface area contributed by atoms with Gasteiger partial charge >= 0.3 is 0 Å². The Morgan fingerprint density at radius 3 is 3.18 bits per heavy atom. The molecule has 60 valence electrons. The molecule has 2 heteroatoms. The largest absolute Gasteiger partial charge is 0.299 e. The zero-order valence-corrected chi connectivity index (χ0v) is 7.88. The molecule has 0 aromatic rings. The number of Topliss-reactive ketones (excluding diaryl/α,β-unsaturated/α-hetero) is 1. The molecule has 2 rings (SSSR count). The van der Waals surface area contributed by atoms with Crippen LogP contribution in [-0.2, 0) is 4.79 Å². The summed E-state index contributed by atoms with van der Waals surface area (Å²) in [6.45, 7) is 0. The lowest BCUT2D eigenvalue weighted by atomic mass is 9.64. The SMILES string of the molecule is O=C1C2CC=C[C@@H]2C1CCBr. The van der Waals surface area contributed by atoms with E-state index < -0.39 is 0 Å². The smallest absolute Gasteiger partial charge is 0.140 e. The molecule has 0 bridgehead atoms. The molecule has 3 atom stereocenters. The molecule has 1 saturated carbocycles. The zero-order valence-electron chi connectivity index (χ0n) is 6.29. The topological polar surface area (TPSA) is 17.1 Å². The van der Waals surface area contributed by atoms with E-state index >= 15 is 0 Å². The maximum Gasteiger partial charge on any atom is 0.140 e. The number of carbonyl (C=O) groups is 1. The van der Waals surface area contributed by atoms with Crippen LogP contribution in [0.4, 0.5) is 0 Å². The summed E-state index contributed by atoms with van der Waals surface area (Å²) in [5.41, 5.74) is 0. The molecule has 0 aromatic carbocycles. The summed E-state index contributed by atoms with van der Waals surface area (Å²) in [4.78, 5) is 11.4. The van der Waals surface area contributed by atoms with E-state index in [0.717, 1.165) is 18.2 Å². The summed E-state index contributed by atoms with van der Waals surface area (Å²) < 4.78 is 0. The molecular weight excluding hydrogens is 204 g/mol. The van der Waals surface area contributed by atoms with E-state index in [9.17, 15) is 4.79 Å². The number of allylic oxidation sites excluding steroid dienone is 2. The molecule has 2 aliphatic carbocycles. The Morgan fingerprint density at radius 1 is 1.64 bits per heavy atom. The highest BCUT2D eigenvalue weighted by atomic mass is 79.9. The van der Waals surface area contributed by atoms with Crippen LogP contribution in [0.25, 0.3) is 0 Å². The first kappa shape index (κ1) is 7.53. The molecule has 0 aliphatic heterocycles. The fourth-order valence-electron chi connectivity index (χ4n) is 2.19. The van der Waals surface area contributed by atoms with Gasteiger partial charge in [0.25, 0.3) is 0 Å². The number of hydrogen-bond donors (Lipinski definition) is 0. The van der Waals surface area contributed by atoms with Gasteiger partial charge in [0.2, 0.25) is 0 Å². The van der Waals surface area contributed by atoms with Gasteiger partial charge in [-0.25, -0.2) is 0 Å². The monoisotopic (exact) mass is 214 g/mol. The highest BCUT2D eigenvalue weighted by Gasteiger charge is 2.48. The summed E-state index contributed by atoms with van der Waals surface area (Å²) in [6, 6.07) is 0. The second-order valence-corrected chi connectivity index (χ2v) is 4.13. The van der Waals surface area contributed by atoms with Gasteiger partial charge in [-0.3, -0.25) is 4.79 Å². The number of fused-ring (bicyclic) bond motifs is 1. The number of rotatable bonds is 2. The molecule has 0 radical (unpaired) electrons. The molecule has 11 heavy (non-hydrogen) atoms. The summed E-state index contributed by atoms with van der Waals surface area (Å²) in [6.07, 6.45) is 6.40. The molecule has 0 spiro atoms. The van der Waals surface area contributed by atoms with Gasteiger partial charge in [-0.2, -0.15) is 0 Å². The maximum atomic E-state index is 11.4. The van der Waals surface area contributed by atoms with E-state index in [2.05, 4.69) is 28.1 Å². The van der Waals surface area contributed by atoms with Gasteiger partial charge in [0.05, 0.1) is 0 Å². The number of ketones is 1. The van der Waals surface area contributed by atoms with Gasteiger partial charge in [-0.1, -0.05) is 28.1 Å². The number of alkyl halides is 1. The Morgan fingerprint density at radius 2 is 2.45 bits per heavy atom. The van der Waals surface area contributed by atoms with Gasteiger partial charge in [-0.15, -0.1) is 0 Å². The van der Waals surface area contributed by atoms with E-state index in [1.165, 1.54) is 0 Å². The molecular formula is C9H11BrO. The van der Waals surface area contributed by atoms with Gasteiger partial charge in [0, 0.05) is 17.2 Å². The Kier molecular flexibility index (Phi) is 1.88. The zero-order chi connectivity index (χ0) is 7.84. The maximum absolute atomic E-state index is 11.4. The molecule has 0 aromatic heterocycles. The minimum Gasteiger partial charge on any atom is -0.299 e. The first-order chi connectivity index (χ1) is 5.34. The molecule has 0 N–H and O–H groups in total. The van der Waals surface area contributed by atoms with Crippen molar-refractivity contribution < 1.29 is 4.79 Å². The average Bonchev–Trinajstić information content (AvgIpc) is 2.44. The van der Waals surface area contributed by atoms with Crippen molar-refractivity contribution >= 4 is 21.7 Å². The fraction of sp³-hybridized carbons (Fsp3) is 0.667. The normalized spacial score (nSPS) is 40.5. The highest BCUT2D eigenvalue weighted by Crippen LogP contribution is 2.45. The molecule has 0 amide bonds. The fourth-order valence-corrected chi connectivity index (χ4v) is 2.69. The first-order valence-electron chi connectivity index (χ1n) is 4.11. The van der Waals surface area contributed by atoms with Crippen LogP contribution in [0.5, 0.6) is 0 Å². The Labute approximate surface area is 75.0 Å². The molecule has 0 heterocycles. The number of carbonyl (C=O) groups excluding carboxylic acids is 1. The predicted octanol–water partition coefficient (Wildman–Crippen LogP) is 2.16. The van der Waals surface area contributed by atoms with E-state index in [-0.39, 0.29) is 0 Å². The lowest BCUT2D eigenvalue weighted by Gasteiger charge is -2.37. The van der Waals surface area contributed by atoms with Crippen molar-refractivity contribution in [2.75, 3.05) is 5.33 Å². The van der Waals surface area contributed by atoms with Crippen molar-refractivity contribution in [2.24, 2.45) is 17.8 Å². The van der Waals surface area contributed by atoms with E-state index in [4.69, 9.17) is 0 Å². The van der Waals surface area contributed by atoms with E-state index in [1.54, 1.807) is 0 Å². The number of hydrogen-bond acceptors (Lipinski definition) is 1. The standard InChI is InChI=1S/C9H11BrO/c10-5-4-8-6-2-1-3-7(6)9(8)11/h1-2,6-8H,3-5H2/t6-,7?,8?/m0/s1. The predicted molar refractivity (Wildman–Crippen MR) is 47.6 cm³/mol.